The molecule has 0 unspecified atom stereocenters. The maximum absolute atomic E-state index is 11.9. The van der Waals surface area contributed by atoms with Crippen LogP contribution in [-0.4, -0.2) is 82.2 Å². The molecule has 1 aromatic carbocycles. The van der Waals surface area contributed by atoms with E-state index in [1.165, 1.54) is 0 Å². The highest BCUT2D eigenvalue weighted by atomic mass is 35.5. The van der Waals surface area contributed by atoms with Gasteiger partial charge in [-0.3, -0.25) is 9.69 Å². The molecule has 2 bridgehead atoms. The maximum Gasteiger partial charge on any atom is 0.320 e. The molecule has 2 aromatic heterocycles. The van der Waals surface area contributed by atoms with Gasteiger partial charge in [-0.2, -0.15) is 5.10 Å². The number of rotatable bonds is 6. The molecule has 0 N–H and O–H groups in total. The normalized spacial score (nSPS) is 22.6. The Labute approximate surface area is 215 Å². The molecule has 0 aliphatic carbocycles. The number of hydrogen-bond donors (Lipinski definition) is 0. The van der Waals surface area contributed by atoms with Gasteiger partial charge in [0.2, 0.25) is 0 Å². The number of fused-ring (bicyclic) bond motifs is 3. The quantitative estimate of drug-likeness (QED) is 0.466. The Morgan fingerprint density at radius 2 is 2.00 bits per heavy atom. The third-order valence-corrected chi connectivity index (χ3v) is 7.92. The van der Waals surface area contributed by atoms with Crippen molar-refractivity contribution in [1.82, 2.24) is 24.6 Å². The second kappa shape index (κ2) is 9.61. The SMILES string of the molecule is CCOC(=O)CN1CCC(c2cc3c(cnn3-c3cc(N4C[C@H]5C[C@@H]4CO5)nc(C)n3)cc2Cl)CC1. The van der Waals surface area contributed by atoms with E-state index in [2.05, 4.69) is 21.0 Å². The number of nitrogens with zero attached hydrogens (tertiary/aromatic N) is 6. The number of hydrogen-bond acceptors (Lipinski definition) is 8. The molecule has 0 saturated carbocycles. The van der Waals surface area contributed by atoms with E-state index in [1.54, 1.807) is 0 Å². The number of anilines is 1. The molecular formula is C26H31ClN6O3. The molecule has 9 nitrogen and oxygen atoms in total. The molecule has 2 atom stereocenters. The average Bonchev–Trinajstić information content (AvgIpc) is 3.60. The Hall–Kier alpha value is -2.75. The van der Waals surface area contributed by atoms with Crippen LogP contribution in [0.3, 0.4) is 0 Å². The number of esters is 1. The molecule has 5 heterocycles. The van der Waals surface area contributed by atoms with Crippen LogP contribution in [0.4, 0.5) is 5.82 Å². The summed E-state index contributed by atoms with van der Waals surface area (Å²) in [6, 6.07) is 6.58. The van der Waals surface area contributed by atoms with Crippen LogP contribution in [-0.2, 0) is 14.3 Å². The first kappa shape index (κ1) is 23.6. The molecule has 0 radical (unpaired) electrons. The van der Waals surface area contributed by atoms with Crippen LogP contribution in [0, 0.1) is 6.92 Å². The predicted octanol–water partition coefficient (Wildman–Crippen LogP) is 3.50. The lowest BCUT2D eigenvalue weighted by atomic mass is 9.89. The smallest absolute Gasteiger partial charge is 0.320 e. The van der Waals surface area contributed by atoms with Gasteiger partial charge in [0.1, 0.15) is 11.6 Å². The van der Waals surface area contributed by atoms with E-state index in [0.717, 1.165) is 84.5 Å². The second-order valence-corrected chi connectivity index (χ2v) is 10.4. The molecule has 6 rings (SSSR count). The Balaban J connectivity index is 1.26. The van der Waals surface area contributed by atoms with Crippen molar-refractivity contribution < 1.29 is 14.3 Å². The lowest BCUT2D eigenvalue weighted by Gasteiger charge is -2.31. The van der Waals surface area contributed by atoms with Crippen LogP contribution in [0.15, 0.2) is 24.4 Å². The summed E-state index contributed by atoms with van der Waals surface area (Å²) in [7, 11) is 0. The van der Waals surface area contributed by atoms with E-state index in [1.807, 2.05) is 36.9 Å². The van der Waals surface area contributed by atoms with Gasteiger partial charge in [-0.15, -0.1) is 0 Å². The van der Waals surface area contributed by atoms with Crippen LogP contribution < -0.4 is 4.90 Å². The van der Waals surface area contributed by atoms with Gasteiger partial charge in [-0.05, 0) is 69.8 Å². The minimum atomic E-state index is -0.159. The van der Waals surface area contributed by atoms with Gasteiger partial charge in [0, 0.05) is 23.0 Å². The fraction of sp³-hybridized carbons (Fsp3) is 0.538. The summed E-state index contributed by atoms with van der Waals surface area (Å²) in [6.45, 7) is 7.83. The van der Waals surface area contributed by atoms with Gasteiger partial charge in [-0.1, -0.05) is 11.6 Å². The zero-order chi connectivity index (χ0) is 24.8. The van der Waals surface area contributed by atoms with Gasteiger partial charge in [0.15, 0.2) is 5.82 Å². The molecule has 3 aliphatic heterocycles. The first-order valence-electron chi connectivity index (χ1n) is 12.8. The van der Waals surface area contributed by atoms with Crippen LogP contribution >= 0.6 is 11.6 Å². The van der Waals surface area contributed by atoms with Crippen molar-refractivity contribution >= 4 is 34.3 Å². The highest BCUT2D eigenvalue weighted by Crippen LogP contribution is 2.37. The molecule has 3 fully saturated rings. The molecule has 0 amide bonds. The van der Waals surface area contributed by atoms with Crippen molar-refractivity contribution in [2.45, 2.75) is 51.2 Å². The maximum atomic E-state index is 11.9. The number of halogens is 1. The van der Waals surface area contributed by atoms with Crippen LogP contribution in [0.2, 0.25) is 5.02 Å². The summed E-state index contributed by atoms with van der Waals surface area (Å²) >= 11 is 6.76. The van der Waals surface area contributed by atoms with Crippen LogP contribution in [0.25, 0.3) is 16.7 Å². The molecule has 10 heteroatoms. The van der Waals surface area contributed by atoms with E-state index in [-0.39, 0.29) is 5.97 Å². The highest BCUT2D eigenvalue weighted by molar-refractivity contribution is 6.32. The second-order valence-electron chi connectivity index (χ2n) is 9.97. The molecule has 36 heavy (non-hydrogen) atoms. The number of ether oxygens (including phenoxy) is 2. The fourth-order valence-corrected chi connectivity index (χ4v) is 6.15. The molecule has 190 valence electrons. The van der Waals surface area contributed by atoms with Crippen molar-refractivity contribution in [3.05, 3.63) is 40.8 Å². The molecule has 3 aliphatic rings. The highest BCUT2D eigenvalue weighted by Gasteiger charge is 2.40. The topological polar surface area (TPSA) is 85.6 Å². The predicted molar refractivity (Wildman–Crippen MR) is 137 cm³/mol. The minimum Gasteiger partial charge on any atom is -0.465 e. The van der Waals surface area contributed by atoms with Crippen molar-refractivity contribution in [3.63, 3.8) is 0 Å². The Kier molecular flexibility index (Phi) is 6.31. The van der Waals surface area contributed by atoms with E-state index >= 15 is 0 Å². The zero-order valence-electron chi connectivity index (χ0n) is 20.7. The van der Waals surface area contributed by atoms with Gasteiger partial charge in [0.25, 0.3) is 0 Å². The number of benzene rings is 1. The van der Waals surface area contributed by atoms with Crippen molar-refractivity contribution in [2.24, 2.45) is 0 Å². The van der Waals surface area contributed by atoms with E-state index in [4.69, 9.17) is 31.0 Å². The van der Waals surface area contributed by atoms with Crippen molar-refractivity contribution in [2.75, 3.05) is 44.3 Å². The number of morpholine rings is 1. The van der Waals surface area contributed by atoms with Crippen molar-refractivity contribution in [3.8, 4) is 5.82 Å². The standard InChI is InChI=1S/C26H31ClN6O3/c1-3-35-26(34)14-31-6-4-17(5-7-31)21-10-23-18(8-22(21)27)12-28-33(23)25-11-24(29-16(2)30-25)32-13-20-9-19(32)15-36-20/h8,10-12,17,19-20H,3-7,9,13-15H2,1-2H3/t19-,20-/m1/s1. The van der Waals surface area contributed by atoms with Gasteiger partial charge in [-0.25, -0.2) is 14.6 Å². The van der Waals surface area contributed by atoms with Crippen molar-refractivity contribution in [1.29, 1.82) is 0 Å². The van der Waals surface area contributed by atoms with Crippen LogP contribution in [0.1, 0.15) is 43.5 Å². The Bertz CT molecular complexity index is 1290. The van der Waals surface area contributed by atoms with E-state index in [0.29, 0.717) is 31.2 Å². The summed E-state index contributed by atoms with van der Waals surface area (Å²) in [6.07, 6.45) is 5.08. The Morgan fingerprint density at radius 1 is 1.19 bits per heavy atom. The lowest BCUT2D eigenvalue weighted by Crippen LogP contribution is -2.37. The number of aryl methyl sites for hydroxylation is 1. The largest absolute Gasteiger partial charge is 0.465 e. The third-order valence-electron chi connectivity index (χ3n) is 7.59. The van der Waals surface area contributed by atoms with Gasteiger partial charge in [0.05, 0.1) is 43.6 Å². The number of aromatic nitrogens is 4. The molecule has 3 aromatic rings. The third kappa shape index (κ3) is 4.44. The monoisotopic (exact) mass is 510 g/mol. The van der Waals surface area contributed by atoms with Gasteiger partial charge < -0.3 is 14.4 Å². The summed E-state index contributed by atoms with van der Waals surface area (Å²) in [4.78, 5) is 25.8. The van der Waals surface area contributed by atoms with E-state index in [9.17, 15) is 4.79 Å². The average molecular weight is 511 g/mol. The molecule has 0 spiro atoms. The summed E-state index contributed by atoms with van der Waals surface area (Å²) in [5.74, 6) is 2.58. The number of likely N-dealkylation sites (tertiary alicyclic amines) is 1. The summed E-state index contributed by atoms with van der Waals surface area (Å²) in [5.41, 5.74) is 2.11. The number of carbonyl (C=O) groups excluding carboxylic acids is 1. The summed E-state index contributed by atoms with van der Waals surface area (Å²) < 4.78 is 12.8. The number of carbonyl (C=O) groups is 1. The van der Waals surface area contributed by atoms with Crippen LogP contribution in [0.5, 0.6) is 0 Å². The first-order valence-corrected chi connectivity index (χ1v) is 13.2. The zero-order valence-corrected chi connectivity index (χ0v) is 21.4. The molecular weight excluding hydrogens is 480 g/mol. The van der Waals surface area contributed by atoms with E-state index < -0.39 is 0 Å². The lowest BCUT2D eigenvalue weighted by molar-refractivity contribution is -0.144. The molecule has 3 saturated heterocycles. The fourth-order valence-electron chi connectivity index (χ4n) is 5.82. The number of piperidine rings is 1. The minimum absolute atomic E-state index is 0.159. The van der Waals surface area contributed by atoms with Gasteiger partial charge >= 0.3 is 5.97 Å². The Morgan fingerprint density at radius 3 is 2.72 bits per heavy atom. The summed E-state index contributed by atoms with van der Waals surface area (Å²) in [5, 5.41) is 6.42. The first-order chi connectivity index (χ1) is 17.5.